The van der Waals surface area contributed by atoms with Crippen LogP contribution in [0.25, 0.3) is 0 Å². The second-order valence-corrected chi connectivity index (χ2v) is 4.54. The highest BCUT2D eigenvalue weighted by Crippen LogP contribution is 2.51. The lowest BCUT2D eigenvalue weighted by molar-refractivity contribution is -0.140. The molecule has 2 N–H and O–H groups in total. The summed E-state index contributed by atoms with van der Waals surface area (Å²) in [5.74, 6) is -0.705. The van der Waals surface area contributed by atoms with Gasteiger partial charge >= 0.3 is 5.97 Å². The van der Waals surface area contributed by atoms with Crippen LogP contribution in [0.5, 0.6) is 5.75 Å². The van der Waals surface area contributed by atoms with Gasteiger partial charge in [-0.3, -0.25) is 4.79 Å². The molecule has 0 unspecified atom stereocenters. The summed E-state index contributed by atoms with van der Waals surface area (Å²) < 4.78 is 0. The average Bonchev–Trinajstić information content (AvgIpc) is 2.99. The van der Waals surface area contributed by atoms with Crippen molar-refractivity contribution in [2.75, 3.05) is 0 Å². The Morgan fingerprint density at radius 1 is 1.44 bits per heavy atom. The van der Waals surface area contributed by atoms with Gasteiger partial charge in [0.2, 0.25) is 0 Å². The average molecular weight is 220 g/mol. The molecule has 0 radical (unpaired) electrons. The molecule has 0 amide bonds. The molecule has 0 aromatic heterocycles. The molecule has 0 bridgehead atoms. The molecule has 1 aromatic carbocycles. The van der Waals surface area contributed by atoms with Crippen molar-refractivity contribution in [3.63, 3.8) is 0 Å². The van der Waals surface area contributed by atoms with Crippen LogP contribution in [-0.4, -0.2) is 16.2 Å². The monoisotopic (exact) mass is 220 g/mol. The minimum absolute atomic E-state index is 0.120. The van der Waals surface area contributed by atoms with Crippen molar-refractivity contribution >= 4 is 5.97 Å². The van der Waals surface area contributed by atoms with Crippen molar-refractivity contribution in [2.45, 2.75) is 38.5 Å². The number of rotatable bonds is 3. The number of hydrogen-bond donors (Lipinski definition) is 2. The van der Waals surface area contributed by atoms with Gasteiger partial charge in [0, 0.05) is 5.56 Å². The number of carboxylic acids is 1. The Hall–Kier alpha value is -1.51. The zero-order chi connectivity index (χ0) is 11.9. The summed E-state index contributed by atoms with van der Waals surface area (Å²) in [6.45, 7) is 3.96. The van der Waals surface area contributed by atoms with E-state index in [1.54, 1.807) is 6.07 Å². The van der Waals surface area contributed by atoms with Gasteiger partial charge in [0.05, 0.1) is 5.41 Å². The Kier molecular flexibility index (Phi) is 2.41. The Labute approximate surface area is 94.7 Å². The van der Waals surface area contributed by atoms with E-state index in [-0.39, 0.29) is 5.75 Å². The van der Waals surface area contributed by atoms with Crippen LogP contribution in [0.1, 0.15) is 36.5 Å². The van der Waals surface area contributed by atoms with Gasteiger partial charge in [-0.2, -0.15) is 0 Å². The first-order valence-electron chi connectivity index (χ1n) is 5.57. The number of phenols is 1. The van der Waals surface area contributed by atoms with Crippen molar-refractivity contribution in [1.29, 1.82) is 0 Å². The SMILES string of the molecule is CCc1cc(C2(C(=O)O)CC2)c(O)cc1C. The third-order valence-electron chi connectivity index (χ3n) is 3.51. The number of phenolic OH excluding ortho intramolecular Hbond substituents is 1. The van der Waals surface area contributed by atoms with Gasteiger partial charge in [-0.1, -0.05) is 13.0 Å². The summed E-state index contributed by atoms with van der Waals surface area (Å²) in [6, 6.07) is 3.53. The maximum Gasteiger partial charge on any atom is 0.314 e. The Balaban J connectivity index is 2.53. The van der Waals surface area contributed by atoms with Crippen LogP contribution in [0.3, 0.4) is 0 Å². The van der Waals surface area contributed by atoms with Crippen LogP contribution < -0.4 is 0 Å². The van der Waals surface area contributed by atoms with Crippen LogP contribution in [0.15, 0.2) is 12.1 Å². The highest BCUT2D eigenvalue weighted by Gasteiger charge is 2.53. The zero-order valence-electron chi connectivity index (χ0n) is 9.58. The lowest BCUT2D eigenvalue weighted by Gasteiger charge is -2.15. The number of hydrogen-bond acceptors (Lipinski definition) is 2. The normalized spacial score (nSPS) is 17.1. The maximum atomic E-state index is 11.2. The Morgan fingerprint density at radius 2 is 2.06 bits per heavy atom. The van der Waals surface area contributed by atoms with E-state index in [1.807, 2.05) is 19.9 Å². The first-order valence-corrected chi connectivity index (χ1v) is 5.57. The van der Waals surface area contributed by atoms with E-state index in [0.717, 1.165) is 17.5 Å². The number of aromatic hydroxyl groups is 1. The molecule has 1 fully saturated rings. The molecule has 1 saturated carbocycles. The molecule has 0 atom stereocenters. The first-order chi connectivity index (χ1) is 7.51. The molecular formula is C13H16O3. The number of carbonyl (C=O) groups is 1. The fraction of sp³-hybridized carbons (Fsp3) is 0.462. The van der Waals surface area contributed by atoms with Gasteiger partial charge in [0.25, 0.3) is 0 Å². The van der Waals surface area contributed by atoms with E-state index >= 15 is 0 Å². The van der Waals surface area contributed by atoms with Crippen molar-refractivity contribution in [2.24, 2.45) is 0 Å². The van der Waals surface area contributed by atoms with Gasteiger partial charge in [-0.25, -0.2) is 0 Å². The summed E-state index contributed by atoms with van der Waals surface area (Å²) in [4.78, 5) is 11.2. The van der Waals surface area contributed by atoms with Crippen molar-refractivity contribution in [3.05, 3.63) is 28.8 Å². The highest BCUT2D eigenvalue weighted by molar-refractivity contribution is 5.86. The lowest BCUT2D eigenvalue weighted by Crippen LogP contribution is -2.20. The van der Waals surface area contributed by atoms with E-state index in [2.05, 4.69) is 0 Å². The summed E-state index contributed by atoms with van der Waals surface area (Å²) in [6.07, 6.45) is 2.11. The number of aryl methyl sites for hydroxylation is 2. The van der Waals surface area contributed by atoms with E-state index in [0.29, 0.717) is 18.4 Å². The second-order valence-electron chi connectivity index (χ2n) is 4.54. The second kappa shape index (κ2) is 3.51. The molecule has 2 rings (SSSR count). The summed E-state index contributed by atoms with van der Waals surface area (Å²) in [7, 11) is 0. The summed E-state index contributed by atoms with van der Waals surface area (Å²) in [5, 5.41) is 19.1. The molecule has 16 heavy (non-hydrogen) atoms. The molecule has 86 valence electrons. The molecule has 0 spiro atoms. The van der Waals surface area contributed by atoms with E-state index < -0.39 is 11.4 Å². The Bertz CT molecular complexity index is 445. The molecular weight excluding hydrogens is 204 g/mol. The van der Waals surface area contributed by atoms with Crippen LogP contribution in [0, 0.1) is 6.92 Å². The number of carboxylic acid groups (broad SMARTS) is 1. The predicted molar refractivity (Wildman–Crippen MR) is 60.8 cm³/mol. The predicted octanol–water partition coefficient (Wildman–Crippen LogP) is 2.38. The van der Waals surface area contributed by atoms with E-state index in [1.165, 1.54) is 0 Å². The first kappa shape index (κ1) is 11.0. The molecule has 1 aromatic rings. The minimum Gasteiger partial charge on any atom is -0.508 e. The molecule has 0 heterocycles. The molecule has 3 nitrogen and oxygen atoms in total. The van der Waals surface area contributed by atoms with Crippen molar-refractivity contribution in [3.8, 4) is 5.75 Å². The lowest BCUT2D eigenvalue weighted by atomic mass is 9.91. The third kappa shape index (κ3) is 1.47. The van der Waals surface area contributed by atoms with Crippen LogP contribution in [0.4, 0.5) is 0 Å². The van der Waals surface area contributed by atoms with Gasteiger partial charge in [-0.15, -0.1) is 0 Å². The molecule has 3 heteroatoms. The van der Waals surface area contributed by atoms with Crippen molar-refractivity contribution in [1.82, 2.24) is 0 Å². The minimum atomic E-state index is -0.825. The number of benzene rings is 1. The zero-order valence-corrected chi connectivity index (χ0v) is 9.58. The van der Waals surface area contributed by atoms with Gasteiger partial charge in [0.15, 0.2) is 0 Å². The molecule has 0 saturated heterocycles. The summed E-state index contributed by atoms with van der Waals surface area (Å²) >= 11 is 0. The van der Waals surface area contributed by atoms with Gasteiger partial charge in [0.1, 0.15) is 5.75 Å². The molecule has 1 aliphatic rings. The summed E-state index contributed by atoms with van der Waals surface area (Å²) in [5.41, 5.74) is 1.90. The quantitative estimate of drug-likeness (QED) is 0.822. The fourth-order valence-electron chi connectivity index (χ4n) is 2.23. The van der Waals surface area contributed by atoms with Gasteiger partial charge in [-0.05, 0) is 43.4 Å². The van der Waals surface area contributed by atoms with Crippen LogP contribution in [-0.2, 0) is 16.6 Å². The van der Waals surface area contributed by atoms with Crippen LogP contribution >= 0.6 is 0 Å². The van der Waals surface area contributed by atoms with E-state index in [9.17, 15) is 15.0 Å². The molecule has 1 aliphatic carbocycles. The highest BCUT2D eigenvalue weighted by atomic mass is 16.4. The largest absolute Gasteiger partial charge is 0.508 e. The third-order valence-corrected chi connectivity index (χ3v) is 3.51. The smallest absolute Gasteiger partial charge is 0.314 e. The maximum absolute atomic E-state index is 11.2. The standard InChI is InChI=1S/C13H16O3/c1-3-9-7-10(11(14)6-8(9)2)13(4-5-13)12(15)16/h6-7,14H,3-5H2,1-2H3,(H,15,16). The molecule has 0 aliphatic heterocycles. The van der Waals surface area contributed by atoms with E-state index in [4.69, 9.17) is 0 Å². The Morgan fingerprint density at radius 3 is 2.50 bits per heavy atom. The van der Waals surface area contributed by atoms with Crippen LogP contribution in [0.2, 0.25) is 0 Å². The van der Waals surface area contributed by atoms with Crippen molar-refractivity contribution < 1.29 is 15.0 Å². The fourth-order valence-corrected chi connectivity index (χ4v) is 2.23. The number of aliphatic carboxylic acids is 1. The van der Waals surface area contributed by atoms with Gasteiger partial charge < -0.3 is 10.2 Å². The topological polar surface area (TPSA) is 57.5 Å².